The van der Waals surface area contributed by atoms with Crippen LogP contribution in [-0.2, 0) is 9.59 Å². The van der Waals surface area contributed by atoms with Crippen molar-refractivity contribution in [3.8, 4) is 11.5 Å². The smallest absolute Gasteiger partial charge is 0.283 e. The lowest BCUT2D eigenvalue weighted by atomic mass is 10.1. The second kappa shape index (κ2) is 10.8. The van der Waals surface area contributed by atoms with Crippen molar-refractivity contribution in [3.05, 3.63) is 124 Å². The highest BCUT2D eigenvalue weighted by atomic mass is 35.5. The quantitative estimate of drug-likeness (QED) is 0.254. The summed E-state index contributed by atoms with van der Waals surface area (Å²) in [6.45, 7) is 3.93. The molecule has 4 aromatic carbocycles. The molecule has 0 aliphatic carbocycles. The van der Waals surface area contributed by atoms with Crippen molar-refractivity contribution in [2.24, 2.45) is 0 Å². The Hall–Kier alpha value is -4.88. The van der Waals surface area contributed by atoms with Crippen LogP contribution in [0.15, 0.2) is 108 Å². The average Bonchev–Trinajstić information content (AvgIpc) is 3.15. The molecule has 0 unspecified atom stereocenters. The van der Waals surface area contributed by atoms with E-state index in [9.17, 15) is 14.4 Å². The summed E-state index contributed by atoms with van der Waals surface area (Å²) in [4.78, 5) is 39.7. The van der Waals surface area contributed by atoms with Gasteiger partial charge in [0.05, 0.1) is 5.69 Å². The van der Waals surface area contributed by atoms with Crippen LogP contribution < -0.4 is 20.3 Å². The second-order valence-electron chi connectivity index (χ2n) is 8.95. The molecule has 4 aromatic rings. The first kappa shape index (κ1) is 25.8. The highest BCUT2D eigenvalue weighted by Crippen LogP contribution is 2.32. The summed E-state index contributed by atoms with van der Waals surface area (Å²) in [5.74, 6) is -0.249. The van der Waals surface area contributed by atoms with Gasteiger partial charge < -0.3 is 15.4 Å². The molecule has 0 spiro atoms. The molecule has 194 valence electrons. The van der Waals surface area contributed by atoms with Crippen molar-refractivity contribution in [1.29, 1.82) is 0 Å². The standard InChI is InChI=1S/C31H24ClN3O4/c1-19-7-6-10-26(20(19)2)34-29(36)21-11-13-22(14-12-21)33-28-27(32)30(37)35(31(28)38)23-15-17-25(18-16-23)39-24-8-4-3-5-9-24/h3-18,33H,1-2H3,(H,34,36). The van der Waals surface area contributed by atoms with Gasteiger partial charge in [0.15, 0.2) is 0 Å². The number of carbonyl (C=O) groups excluding carboxylic acids is 3. The molecule has 39 heavy (non-hydrogen) atoms. The van der Waals surface area contributed by atoms with Gasteiger partial charge in [-0.2, -0.15) is 0 Å². The van der Waals surface area contributed by atoms with Crippen LogP contribution in [0, 0.1) is 13.8 Å². The van der Waals surface area contributed by atoms with E-state index >= 15 is 0 Å². The van der Waals surface area contributed by atoms with Gasteiger partial charge in [-0.05, 0) is 91.7 Å². The molecule has 1 aliphatic rings. The molecule has 7 nitrogen and oxygen atoms in total. The number of amides is 3. The zero-order valence-corrected chi connectivity index (χ0v) is 22.0. The molecule has 0 fully saturated rings. The third-order valence-corrected chi connectivity index (χ3v) is 6.72. The Morgan fingerprint density at radius 1 is 0.769 bits per heavy atom. The SMILES string of the molecule is Cc1cccc(NC(=O)c2ccc(NC3=C(Cl)C(=O)N(c4ccc(Oc5ccccc5)cc4)C3=O)cc2)c1C. The van der Waals surface area contributed by atoms with Crippen molar-refractivity contribution < 1.29 is 19.1 Å². The monoisotopic (exact) mass is 537 g/mol. The first-order valence-electron chi connectivity index (χ1n) is 12.2. The molecular formula is C31H24ClN3O4. The Balaban J connectivity index is 1.26. The highest BCUT2D eigenvalue weighted by molar-refractivity contribution is 6.53. The fourth-order valence-electron chi connectivity index (χ4n) is 4.06. The van der Waals surface area contributed by atoms with Crippen LogP contribution in [-0.4, -0.2) is 17.7 Å². The molecule has 1 heterocycles. The number of halogens is 1. The molecule has 0 aromatic heterocycles. The number of benzene rings is 4. The fraction of sp³-hybridized carbons (Fsp3) is 0.0645. The molecule has 1 aliphatic heterocycles. The van der Waals surface area contributed by atoms with E-state index in [0.717, 1.165) is 21.7 Å². The molecule has 0 atom stereocenters. The third kappa shape index (κ3) is 5.39. The van der Waals surface area contributed by atoms with Crippen LogP contribution in [0.4, 0.5) is 17.1 Å². The van der Waals surface area contributed by atoms with Crippen LogP contribution >= 0.6 is 11.6 Å². The van der Waals surface area contributed by atoms with Crippen LogP contribution in [0.2, 0.25) is 0 Å². The number of hydrogen-bond donors (Lipinski definition) is 2. The van der Waals surface area contributed by atoms with Crippen LogP contribution in [0.1, 0.15) is 21.5 Å². The van der Waals surface area contributed by atoms with Crippen LogP contribution in [0.3, 0.4) is 0 Å². The van der Waals surface area contributed by atoms with Gasteiger partial charge >= 0.3 is 0 Å². The highest BCUT2D eigenvalue weighted by Gasteiger charge is 2.39. The lowest BCUT2D eigenvalue weighted by molar-refractivity contribution is -0.120. The number of aryl methyl sites for hydroxylation is 1. The fourth-order valence-corrected chi connectivity index (χ4v) is 4.28. The number of nitrogens with one attached hydrogen (secondary N) is 2. The summed E-state index contributed by atoms with van der Waals surface area (Å²) >= 11 is 6.27. The Bertz CT molecular complexity index is 1600. The molecule has 0 saturated heterocycles. The summed E-state index contributed by atoms with van der Waals surface area (Å²) in [6.07, 6.45) is 0. The molecular weight excluding hydrogens is 514 g/mol. The number of para-hydroxylation sites is 1. The zero-order chi connectivity index (χ0) is 27.5. The predicted octanol–water partition coefficient (Wildman–Crippen LogP) is 6.78. The van der Waals surface area contributed by atoms with Gasteiger partial charge in [-0.25, -0.2) is 4.90 Å². The van der Waals surface area contributed by atoms with Gasteiger partial charge in [0.25, 0.3) is 17.7 Å². The Labute approximate surface area is 230 Å². The lowest BCUT2D eigenvalue weighted by Crippen LogP contribution is -2.32. The molecule has 0 saturated carbocycles. The molecule has 8 heteroatoms. The minimum atomic E-state index is -0.634. The van der Waals surface area contributed by atoms with Crippen LogP contribution in [0.5, 0.6) is 11.5 Å². The van der Waals surface area contributed by atoms with E-state index in [2.05, 4.69) is 10.6 Å². The number of hydrogen-bond acceptors (Lipinski definition) is 5. The van der Waals surface area contributed by atoms with Crippen LogP contribution in [0.25, 0.3) is 0 Å². The van der Waals surface area contributed by atoms with Crippen molar-refractivity contribution in [1.82, 2.24) is 0 Å². The van der Waals surface area contributed by atoms with Gasteiger partial charge in [0.1, 0.15) is 22.2 Å². The molecule has 0 radical (unpaired) electrons. The van der Waals surface area contributed by atoms with Crippen molar-refractivity contribution in [2.45, 2.75) is 13.8 Å². The van der Waals surface area contributed by atoms with Gasteiger partial charge in [0, 0.05) is 16.9 Å². The summed E-state index contributed by atoms with van der Waals surface area (Å²) < 4.78 is 5.78. The summed E-state index contributed by atoms with van der Waals surface area (Å²) in [5.41, 5.74) is 4.08. The van der Waals surface area contributed by atoms with E-state index < -0.39 is 11.8 Å². The number of ether oxygens (including phenoxy) is 1. The van der Waals surface area contributed by atoms with Gasteiger partial charge in [-0.3, -0.25) is 14.4 Å². The van der Waals surface area contributed by atoms with Gasteiger partial charge in [-0.1, -0.05) is 41.9 Å². The molecule has 0 bridgehead atoms. The number of nitrogens with zero attached hydrogens (tertiary/aromatic N) is 1. The first-order valence-corrected chi connectivity index (χ1v) is 12.6. The zero-order valence-electron chi connectivity index (χ0n) is 21.2. The number of anilines is 3. The minimum absolute atomic E-state index is 0.0427. The Morgan fingerprint density at radius 2 is 1.44 bits per heavy atom. The lowest BCUT2D eigenvalue weighted by Gasteiger charge is -2.16. The summed E-state index contributed by atoms with van der Waals surface area (Å²) in [7, 11) is 0. The maximum absolute atomic E-state index is 13.1. The maximum Gasteiger partial charge on any atom is 0.283 e. The van der Waals surface area contributed by atoms with Gasteiger partial charge in [0.2, 0.25) is 0 Å². The maximum atomic E-state index is 13.1. The van der Waals surface area contributed by atoms with E-state index in [0.29, 0.717) is 28.4 Å². The second-order valence-corrected chi connectivity index (χ2v) is 9.33. The third-order valence-electron chi connectivity index (χ3n) is 6.37. The van der Waals surface area contributed by atoms with E-state index in [1.807, 2.05) is 62.4 Å². The molecule has 3 amide bonds. The summed E-state index contributed by atoms with van der Waals surface area (Å²) in [6, 6.07) is 28.1. The molecule has 2 N–H and O–H groups in total. The number of carbonyl (C=O) groups is 3. The predicted molar refractivity (Wildman–Crippen MR) is 152 cm³/mol. The van der Waals surface area contributed by atoms with Crippen molar-refractivity contribution >= 4 is 46.4 Å². The van der Waals surface area contributed by atoms with E-state index in [1.165, 1.54) is 0 Å². The largest absolute Gasteiger partial charge is 0.457 e. The van der Waals surface area contributed by atoms with Crippen molar-refractivity contribution in [3.63, 3.8) is 0 Å². The van der Waals surface area contributed by atoms with E-state index in [4.69, 9.17) is 16.3 Å². The average molecular weight is 538 g/mol. The Morgan fingerprint density at radius 3 is 2.13 bits per heavy atom. The van der Waals surface area contributed by atoms with E-state index in [-0.39, 0.29) is 16.6 Å². The number of imide groups is 1. The molecule has 5 rings (SSSR count). The summed E-state index contributed by atoms with van der Waals surface area (Å²) in [5, 5.41) is 5.62. The van der Waals surface area contributed by atoms with Crippen molar-refractivity contribution in [2.75, 3.05) is 15.5 Å². The topological polar surface area (TPSA) is 87.7 Å². The normalized spacial score (nSPS) is 13.1. The van der Waals surface area contributed by atoms with E-state index in [1.54, 1.807) is 48.5 Å². The van der Waals surface area contributed by atoms with Gasteiger partial charge in [-0.15, -0.1) is 0 Å². The Kier molecular flexibility index (Phi) is 7.17. The number of rotatable bonds is 7. The minimum Gasteiger partial charge on any atom is -0.457 e. The first-order chi connectivity index (χ1) is 18.8.